The molecule has 7 nitrogen and oxygen atoms in total. The van der Waals surface area contributed by atoms with Gasteiger partial charge in [-0.3, -0.25) is 4.90 Å². The van der Waals surface area contributed by atoms with Gasteiger partial charge >= 0.3 is 5.63 Å². The van der Waals surface area contributed by atoms with E-state index in [1.54, 1.807) is 18.2 Å². The quantitative estimate of drug-likeness (QED) is 0.278. The maximum Gasteiger partial charge on any atom is 0.336 e. The standard InChI is InChI=1S/C26H27FN4O3S/c1-17-3-8-22-20(15-23(32)34-24(22)18(17)2)16-35-26-29-28-25(19-4-6-21(27)7-5-19)31(26)10-9-30-11-13-33-14-12-30/h3-8,15H,9-14,16H2,1-2H3. The predicted octanol–water partition coefficient (Wildman–Crippen LogP) is 4.43. The summed E-state index contributed by atoms with van der Waals surface area (Å²) >= 11 is 1.53. The lowest BCUT2D eigenvalue weighted by molar-refractivity contribution is 0.0361. The number of hydrogen-bond donors (Lipinski definition) is 0. The van der Waals surface area contributed by atoms with Crippen molar-refractivity contribution in [1.29, 1.82) is 0 Å². The lowest BCUT2D eigenvalue weighted by Gasteiger charge is -2.27. The molecule has 1 saturated heterocycles. The summed E-state index contributed by atoms with van der Waals surface area (Å²) in [6.07, 6.45) is 0. The molecular formula is C26H27FN4O3S. The van der Waals surface area contributed by atoms with Crippen molar-refractivity contribution in [3.63, 3.8) is 0 Å². The van der Waals surface area contributed by atoms with Crippen LogP contribution < -0.4 is 5.63 Å². The molecule has 0 aliphatic carbocycles. The highest BCUT2D eigenvalue weighted by atomic mass is 32.2. The van der Waals surface area contributed by atoms with Crippen LogP contribution in [0.25, 0.3) is 22.4 Å². The molecule has 0 spiro atoms. The predicted molar refractivity (Wildman–Crippen MR) is 134 cm³/mol. The van der Waals surface area contributed by atoms with Gasteiger partial charge in [0, 0.05) is 48.9 Å². The van der Waals surface area contributed by atoms with Crippen molar-refractivity contribution in [2.24, 2.45) is 0 Å². The van der Waals surface area contributed by atoms with Crippen LogP contribution in [-0.2, 0) is 17.0 Å². The molecule has 0 atom stereocenters. The van der Waals surface area contributed by atoms with Crippen molar-refractivity contribution in [3.05, 3.63) is 75.4 Å². The monoisotopic (exact) mass is 494 g/mol. The average molecular weight is 495 g/mol. The summed E-state index contributed by atoms with van der Waals surface area (Å²) in [7, 11) is 0. The maximum absolute atomic E-state index is 13.5. The Hall–Kier alpha value is -3.01. The Labute approximate surface area is 206 Å². The summed E-state index contributed by atoms with van der Waals surface area (Å²) in [5, 5.41) is 10.6. The number of rotatable bonds is 7. The molecule has 0 radical (unpaired) electrons. The van der Waals surface area contributed by atoms with E-state index in [2.05, 4.69) is 19.7 Å². The van der Waals surface area contributed by atoms with E-state index in [4.69, 9.17) is 9.15 Å². The highest BCUT2D eigenvalue weighted by molar-refractivity contribution is 7.98. The zero-order valence-corrected chi connectivity index (χ0v) is 20.6. The number of aryl methyl sites for hydroxylation is 2. The first-order valence-electron chi connectivity index (χ1n) is 11.6. The number of benzene rings is 2. The van der Waals surface area contributed by atoms with Gasteiger partial charge in [0.2, 0.25) is 0 Å². The molecule has 35 heavy (non-hydrogen) atoms. The smallest absolute Gasteiger partial charge is 0.336 e. The van der Waals surface area contributed by atoms with Crippen molar-refractivity contribution < 1.29 is 13.5 Å². The molecule has 182 valence electrons. The fourth-order valence-electron chi connectivity index (χ4n) is 4.26. The van der Waals surface area contributed by atoms with E-state index in [-0.39, 0.29) is 11.4 Å². The summed E-state index contributed by atoms with van der Waals surface area (Å²) in [6, 6.07) is 11.9. The zero-order chi connectivity index (χ0) is 24.4. The van der Waals surface area contributed by atoms with E-state index >= 15 is 0 Å². The van der Waals surface area contributed by atoms with Crippen molar-refractivity contribution in [3.8, 4) is 11.4 Å². The summed E-state index contributed by atoms with van der Waals surface area (Å²) in [4.78, 5) is 14.6. The van der Waals surface area contributed by atoms with Crippen LogP contribution in [0.3, 0.4) is 0 Å². The Morgan fingerprint density at radius 1 is 1.03 bits per heavy atom. The van der Waals surface area contributed by atoms with Gasteiger partial charge in [-0.05, 0) is 54.8 Å². The fourth-order valence-corrected chi connectivity index (χ4v) is 5.22. The minimum absolute atomic E-state index is 0.289. The largest absolute Gasteiger partial charge is 0.422 e. The Morgan fingerprint density at radius 3 is 2.57 bits per heavy atom. The van der Waals surface area contributed by atoms with Crippen LogP contribution in [0.5, 0.6) is 0 Å². The fraction of sp³-hybridized carbons (Fsp3) is 0.346. The Bertz CT molecular complexity index is 1390. The number of morpholine rings is 1. The molecule has 3 heterocycles. The van der Waals surface area contributed by atoms with Crippen LogP contribution in [0.4, 0.5) is 4.39 Å². The second-order valence-electron chi connectivity index (χ2n) is 8.68. The second kappa shape index (κ2) is 10.3. The summed E-state index contributed by atoms with van der Waals surface area (Å²) in [5.74, 6) is 0.955. The topological polar surface area (TPSA) is 73.4 Å². The van der Waals surface area contributed by atoms with Crippen molar-refractivity contribution in [2.75, 3.05) is 32.8 Å². The van der Waals surface area contributed by atoms with Gasteiger partial charge < -0.3 is 13.7 Å². The highest BCUT2D eigenvalue weighted by Crippen LogP contribution is 2.30. The van der Waals surface area contributed by atoms with Gasteiger partial charge in [-0.1, -0.05) is 23.9 Å². The SMILES string of the molecule is Cc1ccc2c(CSc3nnc(-c4ccc(F)cc4)n3CCN3CCOCC3)cc(=O)oc2c1C. The Balaban J connectivity index is 1.45. The molecular weight excluding hydrogens is 467 g/mol. The molecule has 0 saturated carbocycles. The van der Waals surface area contributed by atoms with Crippen LogP contribution in [0.15, 0.2) is 56.8 Å². The van der Waals surface area contributed by atoms with Gasteiger partial charge in [0.25, 0.3) is 0 Å². The van der Waals surface area contributed by atoms with Gasteiger partial charge in [-0.25, -0.2) is 9.18 Å². The van der Waals surface area contributed by atoms with E-state index in [1.807, 2.05) is 26.0 Å². The number of thioether (sulfide) groups is 1. The van der Waals surface area contributed by atoms with E-state index < -0.39 is 0 Å². The molecule has 1 aliphatic heterocycles. The lowest BCUT2D eigenvalue weighted by Crippen LogP contribution is -2.38. The summed E-state index contributed by atoms with van der Waals surface area (Å²) in [6.45, 7) is 8.74. The molecule has 0 amide bonds. The molecule has 9 heteroatoms. The normalized spacial score (nSPS) is 14.6. The van der Waals surface area contributed by atoms with Crippen LogP contribution in [0.1, 0.15) is 16.7 Å². The molecule has 5 rings (SSSR count). The minimum atomic E-state index is -0.359. The van der Waals surface area contributed by atoms with E-state index in [9.17, 15) is 9.18 Å². The number of ether oxygens (including phenoxy) is 1. The van der Waals surface area contributed by atoms with Gasteiger partial charge in [0.05, 0.1) is 13.2 Å². The maximum atomic E-state index is 13.5. The lowest BCUT2D eigenvalue weighted by atomic mass is 10.0. The molecule has 2 aromatic heterocycles. The summed E-state index contributed by atoms with van der Waals surface area (Å²) < 4.78 is 26.6. The van der Waals surface area contributed by atoms with Gasteiger partial charge in [0.1, 0.15) is 11.4 Å². The minimum Gasteiger partial charge on any atom is -0.422 e. The number of fused-ring (bicyclic) bond motifs is 1. The third kappa shape index (κ3) is 5.17. The number of hydrogen-bond acceptors (Lipinski definition) is 7. The first-order valence-corrected chi connectivity index (χ1v) is 12.6. The van der Waals surface area contributed by atoms with E-state index in [1.165, 1.54) is 23.9 Å². The van der Waals surface area contributed by atoms with Crippen LogP contribution in [-0.4, -0.2) is 52.5 Å². The number of nitrogens with zero attached hydrogens (tertiary/aromatic N) is 4. The first-order chi connectivity index (χ1) is 17.0. The zero-order valence-electron chi connectivity index (χ0n) is 19.8. The van der Waals surface area contributed by atoms with Crippen molar-refractivity contribution in [2.45, 2.75) is 31.3 Å². The molecule has 2 aromatic carbocycles. The van der Waals surface area contributed by atoms with Crippen LogP contribution in [0.2, 0.25) is 0 Å². The first kappa shape index (κ1) is 23.7. The molecule has 0 N–H and O–H groups in total. The second-order valence-corrected chi connectivity index (χ2v) is 9.62. The van der Waals surface area contributed by atoms with Gasteiger partial charge in [0.15, 0.2) is 11.0 Å². The third-order valence-corrected chi connectivity index (χ3v) is 7.45. The molecule has 0 unspecified atom stereocenters. The number of aromatic nitrogens is 3. The molecule has 1 aliphatic rings. The van der Waals surface area contributed by atoms with E-state index in [0.29, 0.717) is 23.7 Å². The van der Waals surface area contributed by atoms with Gasteiger partial charge in [-0.2, -0.15) is 0 Å². The Kier molecular flexibility index (Phi) is 6.99. The molecule has 0 bridgehead atoms. The third-order valence-electron chi connectivity index (χ3n) is 6.44. The van der Waals surface area contributed by atoms with Crippen molar-refractivity contribution >= 4 is 22.7 Å². The van der Waals surface area contributed by atoms with Gasteiger partial charge in [-0.15, -0.1) is 10.2 Å². The molecule has 4 aromatic rings. The van der Waals surface area contributed by atoms with Crippen LogP contribution in [0, 0.1) is 19.7 Å². The molecule has 1 fully saturated rings. The van der Waals surface area contributed by atoms with E-state index in [0.717, 1.165) is 65.6 Å². The number of halogens is 1. The summed E-state index contributed by atoms with van der Waals surface area (Å²) in [5.41, 5.74) is 4.03. The average Bonchev–Trinajstić information content (AvgIpc) is 3.27. The highest BCUT2D eigenvalue weighted by Gasteiger charge is 2.18. The van der Waals surface area contributed by atoms with Crippen molar-refractivity contribution in [1.82, 2.24) is 19.7 Å². The van der Waals surface area contributed by atoms with Crippen LogP contribution >= 0.6 is 11.8 Å². The Morgan fingerprint density at radius 2 is 1.80 bits per heavy atom.